The van der Waals surface area contributed by atoms with Crippen LogP contribution in [-0.4, -0.2) is 69.3 Å². The quantitative estimate of drug-likeness (QED) is 0.365. The Kier molecular flexibility index (Phi) is 13.4. The van der Waals surface area contributed by atoms with Gasteiger partial charge in [0, 0.05) is 55.5 Å². The van der Waals surface area contributed by atoms with Gasteiger partial charge in [0.15, 0.2) is 6.29 Å². The molecule has 6 atom stereocenters. The van der Waals surface area contributed by atoms with E-state index >= 15 is 0 Å². The maximum absolute atomic E-state index is 13.3. The number of anilines is 1. The lowest BCUT2D eigenvalue weighted by Crippen LogP contribution is -2.47. The molecule has 1 aliphatic carbocycles. The van der Waals surface area contributed by atoms with Gasteiger partial charge in [0.1, 0.15) is 16.7 Å². The Morgan fingerprint density at radius 3 is 2.51 bits per heavy atom. The zero-order valence-electron chi connectivity index (χ0n) is 28.5. The summed E-state index contributed by atoms with van der Waals surface area (Å²) in [6.45, 7) is 8.06. The topological polar surface area (TPSA) is 86.3 Å². The molecule has 4 aliphatic rings. The number of nitrogens with zero attached hydrogens (tertiary/aromatic N) is 1. The summed E-state index contributed by atoms with van der Waals surface area (Å²) in [4.78, 5) is 15.7. The van der Waals surface area contributed by atoms with Gasteiger partial charge in [-0.2, -0.15) is 0 Å². The fraction of sp³-hybridized carbons (Fsp3) is 0.649. The van der Waals surface area contributed by atoms with Gasteiger partial charge in [-0.25, -0.2) is 4.21 Å². The summed E-state index contributed by atoms with van der Waals surface area (Å²) < 4.78 is 38.9. The van der Waals surface area contributed by atoms with E-state index in [1.807, 2.05) is 18.2 Å². The zero-order valence-corrected chi connectivity index (χ0v) is 30.1. The monoisotopic (exact) mass is 688 g/mol. The molecular weight excluding hydrogens is 636 g/mol. The Morgan fingerprint density at radius 1 is 1.00 bits per heavy atom. The Bertz CT molecular complexity index is 1350. The number of fused-ring (bicyclic) bond motifs is 2. The van der Waals surface area contributed by atoms with Crippen molar-refractivity contribution < 1.29 is 28.0 Å². The fourth-order valence-electron chi connectivity index (χ4n) is 7.68. The van der Waals surface area contributed by atoms with Crippen LogP contribution in [0.1, 0.15) is 86.2 Å². The SMILES string of the molecule is CCCc1cc(Cl)ccc1C1COc2ccc3cc2N(C1)CC1CCC1C(C1OCCCO1)CCCC(C)CS(=O)NC3=O.COC. The van der Waals surface area contributed by atoms with Crippen LogP contribution in [0.3, 0.4) is 0 Å². The summed E-state index contributed by atoms with van der Waals surface area (Å²) in [5.74, 6) is 2.68. The second-order valence-corrected chi connectivity index (χ2v) is 15.4. The standard InChI is InChI=1S/C35H47ClN2O5S.C2H6O/c1-3-6-24-17-28(36)11-13-29(24)27-20-38-19-26-9-12-30(26)31(35-41-15-5-16-42-35)8-4-7-23(2)22-44(40)37-34(39)25-10-14-33(43-21-27)32(38)18-25;1-3-2/h10-11,13-14,17-18,23,26-27,30-31,35H,3-9,12,15-16,19-22H2,1-2H3,(H,37,39);1-2H3. The lowest BCUT2D eigenvalue weighted by atomic mass is 9.65. The maximum atomic E-state index is 13.3. The highest BCUT2D eigenvalue weighted by molar-refractivity contribution is 7.83. The van der Waals surface area contributed by atoms with Crippen LogP contribution in [0.15, 0.2) is 36.4 Å². The third-order valence-corrected chi connectivity index (χ3v) is 11.6. The molecule has 2 bridgehead atoms. The van der Waals surface area contributed by atoms with Gasteiger partial charge in [0.25, 0.3) is 5.91 Å². The minimum Gasteiger partial charge on any atom is -0.491 e. The Balaban J connectivity index is 0.00000139. The molecule has 3 aliphatic heterocycles. The van der Waals surface area contributed by atoms with Crippen LogP contribution in [0.5, 0.6) is 5.75 Å². The van der Waals surface area contributed by atoms with E-state index in [9.17, 15) is 9.00 Å². The van der Waals surface area contributed by atoms with Crippen molar-refractivity contribution in [3.8, 4) is 5.75 Å². The number of halogens is 1. The van der Waals surface area contributed by atoms with Crippen LogP contribution in [-0.2, 0) is 31.6 Å². The molecule has 0 aromatic heterocycles. The molecule has 1 saturated carbocycles. The minimum absolute atomic E-state index is 0.149. The van der Waals surface area contributed by atoms with Crippen LogP contribution in [0.25, 0.3) is 0 Å². The first kappa shape index (κ1) is 36.1. The first-order valence-electron chi connectivity index (χ1n) is 17.4. The molecule has 2 aromatic carbocycles. The number of benzene rings is 2. The minimum atomic E-state index is -1.44. The molecule has 260 valence electrons. The van der Waals surface area contributed by atoms with Gasteiger partial charge in [0.05, 0.1) is 25.5 Å². The van der Waals surface area contributed by atoms with Crippen molar-refractivity contribution in [2.75, 3.05) is 57.8 Å². The molecule has 2 aromatic rings. The van der Waals surface area contributed by atoms with E-state index in [2.05, 4.69) is 40.3 Å². The van der Waals surface area contributed by atoms with Crippen molar-refractivity contribution in [1.29, 1.82) is 0 Å². The maximum Gasteiger partial charge on any atom is 0.263 e. The molecule has 47 heavy (non-hydrogen) atoms. The van der Waals surface area contributed by atoms with Crippen LogP contribution in [0.4, 0.5) is 5.69 Å². The average Bonchev–Trinajstić information content (AvgIpc) is 3.22. The van der Waals surface area contributed by atoms with Crippen LogP contribution in [0, 0.1) is 23.7 Å². The molecular formula is C37H53ClN2O6S. The number of rotatable bonds is 4. The number of hydrogen-bond donors (Lipinski definition) is 1. The first-order valence-corrected chi connectivity index (χ1v) is 19.1. The normalized spacial score (nSPS) is 28.8. The Morgan fingerprint density at radius 2 is 1.79 bits per heavy atom. The molecule has 6 unspecified atom stereocenters. The van der Waals surface area contributed by atoms with Gasteiger partial charge in [0.2, 0.25) is 0 Å². The number of nitrogens with one attached hydrogen (secondary N) is 1. The molecule has 10 heteroatoms. The van der Waals surface area contributed by atoms with Crippen molar-refractivity contribution in [2.45, 2.75) is 77.4 Å². The van der Waals surface area contributed by atoms with Gasteiger partial charge in [-0.1, -0.05) is 44.4 Å². The van der Waals surface area contributed by atoms with Gasteiger partial charge in [-0.15, -0.1) is 0 Å². The van der Waals surface area contributed by atoms with Gasteiger partial charge in [-0.05, 0) is 97.7 Å². The molecule has 1 N–H and O–H groups in total. The van der Waals surface area contributed by atoms with Crippen molar-refractivity contribution in [3.05, 3.63) is 58.1 Å². The number of ether oxygens (including phenoxy) is 4. The van der Waals surface area contributed by atoms with E-state index in [1.165, 1.54) is 24.0 Å². The van der Waals surface area contributed by atoms with Crippen LogP contribution >= 0.6 is 11.6 Å². The van der Waals surface area contributed by atoms with E-state index < -0.39 is 11.0 Å². The number of methoxy groups -OCH3 is 1. The first-order chi connectivity index (χ1) is 22.8. The van der Waals surface area contributed by atoms with Crippen LogP contribution in [0.2, 0.25) is 5.02 Å². The van der Waals surface area contributed by atoms with E-state index in [4.69, 9.17) is 25.8 Å². The van der Waals surface area contributed by atoms with Crippen molar-refractivity contribution in [1.82, 2.24) is 4.72 Å². The molecule has 2 fully saturated rings. The third kappa shape index (κ3) is 9.30. The van der Waals surface area contributed by atoms with Crippen molar-refractivity contribution in [3.63, 3.8) is 0 Å². The van der Waals surface area contributed by atoms with Gasteiger partial charge >= 0.3 is 0 Å². The molecule has 8 nitrogen and oxygen atoms in total. The highest BCUT2D eigenvalue weighted by Crippen LogP contribution is 2.47. The lowest BCUT2D eigenvalue weighted by molar-refractivity contribution is -0.224. The third-order valence-electron chi connectivity index (χ3n) is 10.1. The van der Waals surface area contributed by atoms with E-state index in [0.717, 1.165) is 81.3 Å². The molecule has 3 heterocycles. The van der Waals surface area contributed by atoms with Gasteiger partial charge < -0.3 is 23.8 Å². The lowest BCUT2D eigenvalue weighted by Gasteiger charge is -2.47. The van der Waals surface area contributed by atoms with Gasteiger partial charge in [-0.3, -0.25) is 9.52 Å². The summed E-state index contributed by atoms with van der Waals surface area (Å²) in [6, 6.07) is 11.9. The number of carbonyl (C=O) groups excluding carboxylic acids is 1. The van der Waals surface area contributed by atoms with E-state index in [1.54, 1.807) is 20.3 Å². The second-order valence-electron chi connectivity index (χ2n) is 13.7. The highest BCUT2D eigenvalue weighted by Gasteiger charge is 2.43. The summed E-state index contributed by atoms with van der Waals surface area (Å²) in [6.07, 6.45) is 8.19. The number of hydrogen-bond acceptors (Lipinski definition) is 7. The summed E-state index contributed by atoms with van der Waals surface area (Å²) in [7, 11) is 1.81. The van der Waals surface area contributed by atoms with E-state index in [-0.39, 0.29) is 24.0 Å². The second kappa shape index (κ2) is 17.5. The Hall–Kier alpha value is -2.17. The van der Waals surface area contributed by atoms with E-state index in [0.29, 0.717) is 35.7 Å². The average molecular weight is 689 g/mol. The largest absolute Gasteiger partial charge is 0.491 e. The summed E-state index contributed by atoms with van der Waals surface area (Å²) >= 11 is 6.44. The highest BCUT2D eigenvalue weighted by atomic mass is 35.5. The molecule has 0 spiro atoms. The van der Waals surface area contributed by atoms with Crippen LogP contribution < -0.4 is 14.4 Å². The fourth-order valence-corrected chi connectivity index (χ4v) is 8.96. The predicted molar refractivity (Wildman–Crippen MR) is 189 cm³/mol. The number of amides is 1. The smallest absolute Gasteiger partial charge is 0.263 e. The van der Waals surface area contributed by atoms with Crippen molar-refractivity contribution >= 4 is 34.2 Å². The zero-order chi connectivity index (χ0) is 33.3. The molecule has 1 saturated heterocycles. The summed E-state index contributed by atoms with van der Waals surface area (Å²) in [5, 5.41) is 0.762. The number of aryl methyl sites for hydroxylation is 1. The number of carbonyl (C=O) groups is 1. The predicted octanol–water partition coefficient (Wildman–Crippen LogP) is 7.16. The van der Waals surface area contributed by atoms with Crippen molar-refractivity contribution in [2.24, 2.45) is 23.7 Å². The molecule has 6 rings (SSSR count). The Labute approximate surface area is 288 Å². The summed E-state index contributed by atoms with van der Waals surface area (Å²) in [5.41, 5.74) is 4.00. The molecule has 1 amide bonds. The molecule has 0 radical (unpaired) electrons.